The summed E-state index contributed by atoms with van der Waals surface area (Å²) in [5.74, 6) is 0.418. The monoisotopic (exact) mass is 388 g/mol. The van der Waals surface area contributed by atoms with Gasteiger partial charge < -0.3 is 9.30 Å². The summed E-state index contributed by atoms with van der Waals surface area (Å²) in [6, 6.07) is 14.8. The number of benzene rings is 1. The third-order valence-corrected chi connectivity index (χ3v) is 6.40. The third kappa shape index (κ3) is 3.67. The average Bonchev–Trinajstić information content (AvgIpc) is 3.11. The second-order valence-corrected chi connectivity index (χ2v) is 8.47. The molecule has 1 aliphatic heterocycles. The Morgan fingerprint density at radius 3 is 2.66 bits per heavy atom. The Kier molecular flexibility index (Phi) is 4.84. The number of hydrogen-bond acceptors (Lipinski definition) is 3. The molecule has 1 unspecified atom stereocenters. The molecule has 1 saturated heterocycles. The fourth-order valence-electron chi connectivity index (χ4n) is 4.75. The van der Waals surface area contributed by atoms with Crippen molar-refractivity contribution in [2.45, 2.75) is 32.7 Å². The maximum atomic E-state index is 13.2. The molecule has 1 amide bonds. The zero-order valence-corrected chi connectivity index (χ0v) is 17.1. The molecule has 0 radical (unpaired) electrons. The molecule has 3 aromatic rings. The number of pyridine rings is 1. The maximum absolute atomic E-state index is 13.2. The van der Waals surface area contributed by atoms with Crippen LogP contribution in [-0.2, 0) is 24.2 Å². The molecule has 29 heavy (non-hydrogen) atoms. The third-order valence-electron chi connectivity index (χ3n) is 6.40. The van der Waals surface area contributed by atoms with Crippen molar-refractivity contribution in [3.8, 4) is 0 Å². The predicted octanol–water partition coefficient (Wildman–Crippen LogP) is 3.09. The topological polar surface area (TPSA) is 40.9 Å². The number of nitrogens with zero attached hydrogens (tertiary/aromatic N) is 4. The number of hydrogen-bond donors (Lipinski definition) is 0. The molecular weight excluding hydrogens is 360 g/mol. The molecule has 0 N–H and O–H groups in total. The summed E-state index contributed by atoms with van der Waals surface area (Å²) in [6.07, 6.45) is 4.78. The highest BCUT2D eigenvalue weighted by atomic mass is 16.2. The lowest BCUT2D eigenvalue weighted by Gasteiger charge is -2.37. The van der Waals surface area contributed by atoms with E-state index in [1.165, 1.54) is 22.5 Å². The standard InChI is InChI=1S/C24H28N4O/c1-18-7-10-23-25-21-9-8-20(15-22(21)28(23)16-18)24(29)27-13-11-26(12-14-27)17-19-5-3-2-4-6-19/h2-7,10,16,20H,8-9,11-15,17H2,1H3. The lowest BCUT2D eigenvalue weighted by atomic mass is 9.88. The molecule has 0 spiro atoms. The normalized spacial score (nSPS) is 20.0. The highest BCUT2D eigenvalue weighted by Gasteiger charge is 2.32. The lowest BCUT2D eigenvalue weighted by molar-refractivity contribution is -0.137. The van der Waals surface area contributed by atoms with E-state index in [-0.39, 0.29) is 5.92 Å². The van der Waals surface area contributed by atoms with Crippen LogP contribution in [0.25, 0.3) is 5.65 Å². The van der Waals surface area contributed by atoms with Crippen LogP contribution in [0.3, 0.4) is 0 Å². The lowest BCUT2D eigenvalue weighted by Crippen LogP contribution is -2.50. The summed E-state index contributed by atoms with van der Waals surface area (Å²) >= 11 is 0. The molecule has 150 valence electrons. The van der Waals surface area contributed by atoms with Crippen molar-refractivity contribution in [2.24, 2.45) is 5.92 Å². The summed E-state index contributed by atoms with van der Waals surface area (Å²) < 4.78 is 2.20. The van der Waals surface area contributed by atoms with Gasteiger partial charge in [-0.25, -0.2) is 4.98 Å². The van der Waals surface area contributed by atoms with Crippen LogP contribution in [0.1, 0.15) is 28.9 Å². The van der Waals surface area contributed by atoms with Gasteiger partial charge in [-0.15, -0.1) is 0 Å². The minimum Gasteiger partial charge on any atom is -0.340 e. The van der Waals surface area contributed by atoms with Gasteiger partial charge in [-0.1, -0.05) is 36.4 Å². The van der Waals surface area contributed by atoms with Crippen LogP contribution in [0.5, 0.6) is 0 Å². The Morgan fingerprint density at radius 1 is 1.07 bits per heavy atom. The number of imidazole rings is 1. The van der Waals surface area contributed by atoms with Crippen LogP contribution in [-0.4, -0.2) is 51.3 Å². The molecule has 2 aromatic heterocycles. The Hall–Kier alpha value is -2.66. The highest BCUT2D eigenvalue weighted by molar-refractivity contribution is 5.79. The molecule has 1 aromatic carbocycles. The smallest absolute Gasteiger partial charge is 0.226 e. The molecule has 5 rings (SSSR count). The van der Waals surface area contributed by atoms with Crippen LogP contribution in [0.15, 0.2) is 48.7 Å². The molecule has 0 bridgehead atoms. The van der Waals surface area contributed by atoms with Gasteiger partial charge in [0.25, 0.3) is 0 Å². The van der Waals surface area contributed by atoms with Crippen molar-refractivity contribution in [3.63, 3.8) is 0 Å². The molecule has 5 nitrogen and oxygen atoms in total. The summed E-state index contributed by atoms with van der Waals surface area (Å²) in [4.78, 5) is 22.6. The fraction of sp³-hybridized carbons (Fsp3) is 0.417. The SMILES string of the molecule is Cc1ccc2nc3c(n2c1)CC(C(=O)N1CCN(Cc2ccccc2)CC1)CC3. The zero-order chi connectivity index (χ0) is 19.8. The molecule has 5 heteroatoms. The Balaban J connectivity index is 1.23. The first kappa shape index (κ1) is 18.4. The van der Waals surface area contributed by atoms with E-state index in [1.54, 1.807) is 0 Å². The summed E-state index contributed by atoms with van der Waals surface area (Å²) in [5, 5.41) is 0. The minimum absolute atomic E-state index is 0.0867. The number of aromatic nitrogens is 2. The first-order valence-electron chi connectivity index (χ1n) is 10.7. The van der Waals surface area contributed by atoms with Gasteiger partial charge in [0.05, 0.1) is 5.69 Å². The van der Waals surface area contributed by atoms with Gasteiger partial charge >= 0.3 is 0 Å². The Bertz CT molecular complexity index is 1020. The number of fused-ring (bicyclic) bond motifs is 3. The minimum atomic E-state index is 0.0867. The number of amides is 1. The van der Waals surface area contributed by atoms with Gasteiger partial charge in [0, 0.05) is 57.0 Å². The first-order valence-corrected chi connectivity index (χ1v) is 10.7. The molecule has 2 aliphatic rings. The molecule has 0 saturated carbocycles. The second-order valence-electron chi connectivity index (χ2n) is 8.47. The van der Waals surface area contributed by atoms with Gasteiger partial charge in [0.15, 0.2) is 0 Å². The summed E-state index contributed by atoms with van der Waals surface area (Å²) in [7, 11) is 0. The summed E-state index contributed by atoms with van der Waals surface area (Å²) in [6.45, 7) is 6.65. The van der Waals surface area contributed by atoms with Gasteiger partial charge in [-0.3, -0.25) is 9.69 Å². The highest BCUT2D eigenvalue weighted by Crippen LogP contribution is 2.28. The maximum Gasteiger partial charge on any atom is 0.226 e. The fourth-order valence-corrected chi connectivity index (χ4v) is 4.75. The number of aryl methyl sites for hydroxylation is 2. The van der Waals surface area contributed by atoms with E-state index in [2.05, 4.69) is 69.8 Å². The van der Waals surface area contributed by atoms with Crippen molar-refractivity contribution in [1.82, 2.24) is 19.2 Å². The second kappa shape index (κ2) is 7.64. The van der Waals surface area contributed by atoms with Crippen molar-refractivity contribution < 1.29 is 4.79 Å². The van der Waals surface area contributed by atoms with E-state index in [4.69, 9.17) is 4.98 Å². The van der Waals surface area contributed by atoms with Crippen LogP contribution in [0, 0.1) is 12.8 Å². The Labute approximate surface area is 172 Å². The Morgan fingerprint density at radius 2 is 1.86 bits per heavy atom. The van der Waals surface area contributed by atoms with E-state index in [0.717, 1.165) is 57.6 Å². The average molecular weight is 389 g/mol. The summed E-state index contributed by atoms with van der Waals surface area (Å²) in [5.41, 5.74) is 5.97. The number of piperazine rings is 1. The van der Waals surface area contributed by atoms with Crippen molar-refractivity contribution >= 4 is 11.6 Å². The van der Waals surface area contributed by atoms with Crippen LogP contribution in [0.4, 0.5) is 0 Å². The molecule has 1 fully saturated rings. The molecule has 1 aliphatic carbocycles. The molecular formula is C24H28N4O. The number of carbonyl (C=O) groups excluding carboxylic acids is 1. The number of carbonyl (C=O) groups is 1. The zero-order valence-electron chi connectivity index (χ0n) is 17.1. The van der Waals surface area contributed by atoms with Gasteiger partial charge in [-0.05, 0) is 37.0 Å². The first-order chi connectivity index (χ1) is 14.2. The van der Waals surface area contributed by atoms with Gasteiger partial charge in [-0.2, -0.15) is 0 Å². The van der Waals surface area contributed by atoms with Crippen molar-refractivity contribution in [3.05, 3.63) is 71.2 Å². The van der Waals surface area contributed by atoms with E-state index >= 15 is 0 Å². The van der Waals surface area contributed by atoms with Crippen LogP contribution < -0.4 is 0 Å². The van der Waals surface area contributed by atoms with E-state index in [0.29, 0.717) is 5.91 Å². The van der Waals surface area contributed by atoms with Crippen LogP contribution >= 0.6 is 0 Å². The predicted molar refractivity (Wildman–Crippen MR) is 114 cm³/mol. The van der Waals surface area contributed by atoms with Crippen molar-refractivity contribution in [2.75, 3.05) is 26.2 Å². The molecule has 1 atom stereocenters. The van der Waals surface area contributed by atoms with E-state index in [1.807, 2.05) is 0 Å². The van der Waals surface area contributed by atoms with Gasteiger partial charge in [0.1, 0.15) is 5.65 Å². The largest absolute Gasteiger partial charge is 0.340 e. The van der Waals surface area contributed by atoms with Crippen molar-refractivity contribution in [1.29, 1.82) is 0 Å². The number of rotatable bonds is 3. The van der Waals surface area contributed by atoms with E-state index < -0.39 is 0 Å². The van der Waals surface area contributed by atoms with Crippen LogP contribution in [0.2, 0.25) is 0 Å². The molecule has 3 heterocycles. The van der Waals surface area contributed by atoms with Gasteiger partial charge in [0.2, 0.25) is 5.91 Å². The quantitative estimate of drug-likeness (QED) is 0.692. The van der Waals surface area contributed by atoms with E-state index in [9.17, 15) is 4.79 Å².